The van der Waals surface area contributed by atoms with E-state index in [0.717, 1.165) is 37.4 Å². The van der Waals surface area contributed by atoms with Crippen molar-refractivity contribution in [3.05, 3.63) is 18.1 Å². The third-order valence-electron chi connectivity index (χ3n) is 5.03. The lowest BCUT2D eigenvalue weighted by Crippen LogP contribution is -2.52. The summed E-state index contributed by atoms with van der Waals surface area (Å²) in [6.07, 6.45) is 6.71. The summed E-state index contributed by atoms with van der Waals surface area (Å²) in [5.74, 6) is 0.840. The molecule has 0 aliphatic carbocycles. The maximum absolute atomic E-state index is 12.5. The molecule has 0 spiro atoms. The lowest BCUT2D eigenvalue weighted by Gasteiger charge is -2.33. The molecule has 8 nitrogen and oxygen atoms in total. The first-order chi connectivity index (χ1) is 12.7. The minimum Gasteiger partial charge on any atom is -0.453 e. The van der Waals surface area contributed by atoms with Crippen LogP contribution in [0.25, 0.3) is 0 Å². The molecule has 1 N–H and O–H groups in total. The van der Waals surface area contributed by atoms with Gasteiger partial charge in [0.2, 0.25) is 5.91 Å². The van der Waals surface area contributed by atoms with Gasteiger partial charge in [-0.3, -0.25) is 9.69 Å². The van der Waals surface area contributed by atoms with Crippen LogP contribution in [0.4, 0.5) is 10.6 Å². The minimum absolute atomic E-state index is 0.121. The number of anilines is 1. The molecule has 3 heterocycles. The molecule has 2 saturated heterocycles. The van der Waals surface area contributed by atoms with Gasteiger partial charge in [-0.05, 0) is 32.1 Å². The number of methoxy groups -OCH3 is 1. The van der Waals surface area contributed by atoms with E-state index in [2.05, 4.69) is 20.2 Å². The summed E-state index contributed by atoms with van der Waals surface area (Å²) in [6, 6.07) is 1.56. The molecule has 2 fully saturated rings. The lowest BCUT2D eigenvalue weighted by atomic mass is 10.0. The molecule has 0 unspecified atom stereocenters. The van der Waals surface area contributed by atoms with Crippen LogP contribution in [0.5, 0.6) is 0 Å². The molecule has 1 aromatic rings. The van der Waals surface area contributed by atoms with E-state index >= 15 is 0 Å². The van der Waals surface area contributed by atoms with Crippen LogP contribution in [0.1, 0.15) is 37.8 Å². The van der Waals surface area contributed by atoms with Gasteiger partial charge in [-0.1, -0.05) is 0 Å². The standard InChI is InChI=1S/C18H27N5O3/c1-26-18(25)23-11-3-2-6-15(23)17(24)19-8-7-14-12-16(21-13-20-14)22-9-4-5-10-22/h12-13,15H,2-11H2,1H3,(H,19,24)/t15-/m1/s1. The Morgan fingerprint density at radius 3 is 2.73 bits per heavy atom. The first kappa shape index (κ1) is 18.4. The van der Waals surface area contributed by atoms with E-state index in [1.165, 1.54) is 24.9 Å². The summed E-state index contributed by atoms with van der Waals surface area (Å²) in [5, 5.41) is 2.94. The van der Waals surface area contributed by atoms with Gasteiger partial charge in [0.25, 0.3) is 0 Å². The zero-order valence-corrected chi connectivity index (χ0v) is 15.3. The van der Waals surface area contributed by atoms with E-state index in [9.17, 15) is 9.59 Å². The molecule has 8 heteroatoms. The van der Waals surface area contributed by atoms with Gasteiger partial charge in [0.1, 0.15) is 18.2 Å². The molecular weight excluding hydrogens is 334 g/mol. The fraction of sp³-hybridized carbons (Fsp3) is 0.667. The molecule has 0 radical (unpaired) electrons. The Labute approximate surface area is 153 Å². The molecule has 3 rings (SSSR count). The Morgan fingerprint density at radius 2 is 1.96 bits per heavy atom. The van der Waals surface area contributed by atoms with Crippen molar-refractivity contribution in [2.45, 2.75) is 44.6 Å². The highest BCUT2D eigenvalue weighted by Gasteiger charge is 2.32. The Balaban J connectivity index is 1.51. The molecule has 0 bridgehead atoms. The number of carbonyl (C=O) groups is 2. The predicted octanol–water partition coefficient (Wildman–Crippen LogP) is 1.36. The van der Waals surface area contributed by atoms with Crippen LogP contribution in [-0.2, 0) is 16.0 Å². The quantitative estimate of drug-likeness (QED) is 0.852. The summed E-state index contributed by atoms with van der Waals surface area (Å²) in [6.45, 7) is 3.13. The van der Waals surface area contributed by atoms with Crippen molar-refractivity contribution in [1.82, 2.24) is 20.2 Å². The minimum atomic E-state index is -0.443. The zero-order valence-electron chi connectivity index (χ0n) is 15.3. The molecule has 26 heavy (non-hydrogen) atoms. The maximum atomic E-state index is 12.5. The number of hydrogen-bond donors (Lipinski definition) is 1. The maximum Gasteiger partial charge on any atom is 0.410 e. The summed E-state index contributed by atoms with van der Waals surface area (Å²) in [7, 11) is 1.35. The van der Waals surface area contributed by atoms with Crippen LogP contribution in [0.3, 0.4) is 0 Å². The zero-order chi connectivity index (χ0) is 18.4. The predicted molar refractivity (Wildman–Crippen MR) is 96.9 cm³/mol. The van der Waals surface area contributed by atoms with Crippen molar-refractivity contribution >= 4 is 17.8 Å². The van der Waals surface area contributed by atoms with E-state index in [-0.39, 0.29) is 5.91 Å². The lowest BCUT2D eigenvalue weighted by molar-refractivity contribution is -0.126. The summed E-state index contributed by atoms with van der Waals surface area (Å²) >= 11 is 0. The van der Waals surface area contributed by atoms with Crippen molar-refractivity contribution in [3.8, 4) is 0 Å². The second-order valence-corrected chi connectivity index (χ2v) is 6.78. The number of aromatic nitrogens is 2. The van der Waals surface area contributed by atoms with Crippen LogP contribution in [0, 0.1) is 0 Å². The number of rotatable bonds is 5. The van der Waals surface area contributed by atoms with Crippen LogP contribution in [0.2, 0.25) is 0 Å². The highest BCUT2D eigenvalue weighted by molar-refractivity contribution is 5.85. The van der Waals surface area contributed by atoms with E-state index in [0.29, 0.717) is 25.9 Å². The molecule has 1 aromatic heterocycles. The second kappa shape index (κ2) is 8.82. The summed E-state index contributed by atoms with van der Waals surface area (Å²) in [4.78, 5) is 36.8. The SMILES string of the molecule is COC(=O)N1CCCC[C@@H]1C(=O)NCCc1cc(N2CCCC2)ncn1. The van der Waals surface area contributed by atoms with Crippen molar-refractivity contribution in [2.24, 2.45) is 0 Å². The molecule has 2 amide bonds. The molecular formula is C18H27N5O3. The van der Waals surface area contributed by atoms with Gasteiger partial charge in [-0.25, -0.2) is 14.8 Å². The van der Waals surface area contributed by atoms with Crippen molar-refractivity contribution in [1.29, 1.82) is 0 Å². The highest BCUT2D eigenvalue weighted by Crippen LogP contribution is 2.19. The molecule has 142 valence electrons. The van der Waals surface area contributed by atoms with Gasteiger partial charge in [0.05, 0.1) is 7.11 Å². The Morgan fingerprint density at radius 1 is 1.19 bits per heavy atom. The first-order valence-corrected chi connectivity index (χ1v) is 9.37. The van der Waals surface area contributed by atoms with Gasteiger partial charge in [0, 0.05) is 44.4 Å². The van der Waals surface area contributed by atoms with E-state index in [4.69, 9.17) is 4.74 Å². The topological polar surface area (TPSA) is 87.7 Å². The summed E-state index contributed by atoms with van der Waals surface area (Å²) < 4.78 is 4.79. The van der Waals surface area contributed by atoms with E-state index < -0.39 is 12.1 Å². The van der Waals surface area contributed by atoms with Crippen LogP contribution >= 0.6 is 0 Å². The molecule has 0 aromatic carbocycles. The van der Waals surface area contributed by atoms with E-state index in [1.54, 1.807) is 6.33 Å². The normalized spacial score (nSPS) is 20.1. The summed E-state index contributed by atoms with van der Waals surface area (Å²) in [5.41, 5.74) is 0.913. The molecule has 2 aliphatic heterocycles. The smallest absolute Gasteiger partial charge is 0.410 e. The Bertz CT molecular complexity index is 633. The van der Waals surface area contributed by atoms with Crippen LogP contribution < -0.4 is 10.2 Å². The number of carbonyl (C=O) groups excluding carboxylic acids is 2. The third-order valence-corrected chi connectivity index (χ3v) is 5.03. The van der Waals surface area contributed by atoms with Gasteiger partial charge >= 0.3 is 6.09 Å². The second-order valence-electron chi connectivity index (χ2n) is 6.78. The van der Waals surface area contributed by atoms with Crippen molar-refractivity contribution in [3.63, 3.8) is 0 Å². The molecule has 1 atom stereocenters. The number of nitrogens with zero attached hydrogens (tertiary/aromatic N) is 4. The largest absolute Gasteiger partial charge is 0.453 e. The van der Waals surface area contributed by atoms with Crippen molar-refractivity contribution in [2.75, 3.05) is 38.2 Å². The van der Waals surface area contributed by atoms with Crippen LogP contribution in [0.15, 0.2) is 12.4 Å². The van der Waals surface area contributed by atoms with Crippen LogP contribution in [-0.4, -0.2) is 66.2 Å². The number of amides is 2. The average molecular weight is 361 g/mol. The van der Waals surface area contributed by atoms with Gasteiger partial charge in [-0.2, -0.15) is 0 Å². The monoisotopic (exact) mass is 361 g/mol. The highest BCUT2D eigenvalue weighted by atomic mass is 16.5. The number of ether oxygens (including phenoxy) is 1. The molecule has 0 saturated carbocycles. The number of likely N-dealkylation sites (tertiary alicyclic amines) is 1. The number of piperidine rings is 1. The Kier molecular flexibility index (Phi) is 6.25. The fourth-order valence-corrected chi connectivity index (χ4v) is 3.61. The average Bonchev–Trinajstić information content (AvgIpc) is 3.22. The number of hydrogen-bond acceptors (Lipinski definition) is 6. The van der Waals surface area contributed by atoms with Crippen molar-refractivity contribution < 1.29 is 14.3 Å². The van der Waals surface area contributed by atoms with Gasteiger partial charge in [0.15, 0.2) is 0 Å². The Hall–Kier alpha value is -2.38. The van der Waals surface area contributed by atoms with Gasteiger partial charge < -0.3 is 15.0 Å². The molecule has 2 aliphatic rings. The van der Waals surface area contributed by atoms with E-state index in [1.807, 2.05) is 6.07 Å². The van der Waals surface area contributed by atoms with Gasteiger partial charge in [-0.15, -0.1) is 0 Å². The number of nitrogens with one attached hydrogen (secondary N) is 1. The third kappa shape index (κ3) is 4.42. The fourth-order valence-electron chi connectivity index (χ4n) is 3.61. The first-order valence-electron chi connectivity index (χ1n) is 9.37.